The third-order valence-electron chi connectivity index (χ3n) is 3.15. The summed E-state index contributed by atoms with van der Waals surface area (Å²) in [6, 6.07) is 11.2. The number of aryl methyl sites for hydroxylation is 1. The molecule has 0 saturated heterocycles. The van der Waals surface area contributed by atoms with Crippen molar-refractivity contribution in [2.75, 3.05) is 0 Å². The van der Waals surface area contributed by atoms with Crippen molar-refractivity contribution >= 4 is 0 Å². The van der Waals surface area contributed by atoms with Crippen molar-refractivity contribution in [2.45, 2.75) is 6.92 Å². The van der Waals surface area contributed by atoms with Crippen LogP contribution in [0.2, 0.25) is 0 Å². The van der Waals surface area contributed by atoms with Crippen LogP contribution >= 0.6 is 0 Å². The Morgan fingerprint density at radius 2 is 2.05 bits per heavy atom. The first-order chi connectivity index (χ1) is 10.2. The second-order valence-corrected chi connectivity index (χ2v) is 4.58. The summed E-state index contributed by atoms with van der Waals surface area (Å²) in [5.41, 5.74) is 2.76. The van der Waals surface area contributed by atoms with E-state index in [4.69, 9.17) is 5.26 Å². The average Bonchev–Trinajstić information content (AvgIpc) is 3.01. The van der Waals surface area contributed by atoms with Crippen molar-refractivity contribution in [1.82, 2.24) is 20.0 Å². The number of hydrogen-bond acceptors (Lipinski definition) is 4. The van der Waals surface area contributed by atoms with Crippen LogP contribution in [0.15, 0.2) is 47.5 Å². The van der Waals surface area contributed by atoms with E-state index in [2.05, 4.69) is 15.3 Å². The van der Waals surface area contributed by atoms with Gasteiger partial charge >= 0.3 is 0 Å². The normalized spacial score (nSPS) is 10.3. The van der Waals surface area contributed by atoms with Gasteiger partial charge < -0.3 is 4.98 Å². The molecule has 0 atom stereocenters. The minimum Gasteiger partial charge on any atom is -0.325 e. The number of nitrogens with one attached hydrogen (secondary N) is 1. The van der Waals surface area contributed by atoms with Crippen LogP contribution in [-0.4, -0.2) is 20.0 Å². The molecule has 3 aromatic rings. The predicted octanol–water partition coefficient (Wildman–Crippen LogP) is 1.80. The number of nitrogens with zero attached hydrogens (tertiary/aromatic N) is 4. The summed E-state index contributed by atoms with van der Waals surface area (Å²) < 4.78 is 1.64. The van der Waals surface area contributed by atoms with Crippen molar-refractivity contribution in [3.8, 4) is 22.9 Å². The Morgan fingerprint density at radius 3 is 2.67 bits per heavy atom. The summed E-state index contributed by atoms with van der Waals surface area (Å²) in [5, 5.41) is 16.8. The van der Waals surface area contributed by atoms with Crippen molar-refractivity contribution in [3.05, 3.63) is 64.3 Å². The van der Waals surface area contributed by atoms with Gasteiger partial charge in [0.2, 0.25) is 0 Å². The lowest BCUT2D eigenvalue weighted by molar-refractivity contribution is 0.803. The molecule has 0 fully saturated rings. The molecule has 6 heteroatoms. The lowest BCUT2D eigenvalue weighted by Gasteiger charge is -2.06. The highest BCUT2D eigenvalue weighted by Gasteiger charge is 2.10. The zero-order valence-corrected chi connectivity index (χ0v) is 11.2. The lowest BCUT2D eigenvalue weighted by Crippen LogP contribution is -2.12. The molecule has 102 valence electrons. The van der Waals surface area contributed by atoms with Crippen molar-refractivity contribution < 1.29 is 0 Å². The maximum atomic E-state index is 11.8. The Hall–Kier alpha value is -3.20. The van der Waals surface area contributed by atoms with Gasteiger partial charge in [-0.15, -0.1) is 5.10 Å². The Morgan fingerprint density at radius 1 is 1.29 bits per heavy atom. The standard InChI is InChI=1S/C15H11N5O/c1-10-8-13(14(9-16)15(21)18-10)11-2-4-12(5-3-11)20-7-6-17-19-20/h2-8H,1H3,(H,18,21). The largest absolute Gasteiger partial charge is 0.325 e. The van der Waals surface area contributed by atoms with Gasteiger partial charge in [-0.25, -0.2) is 4.68 Å². The third kappa shape index (κ3) is 2.32. The molecule has 3 rings (SSSR count). The average molecular weight is 277 g/mol. The first-order valence-corrected chi connectivity index (χ1v) is 6.30. The highest BCUT2D eigenvalue weighted by molar-refractivity contribution is 5.71. The van der Waals surface area contributed by atoms with E-state index in [1.54, 1.807) is 30.1 Å². The Labute approximate surface area is 120 Å². The van der Waals surface area contributed by atoms with Crippen LogP contribution in [0.3, 0.4) is 0 Å². The highest BCUT2D eigenvalue weighted by Crippen LogP contribution is 2.23. The van der Waals surface area contributed by atoms with E-state index in [0.717, 1.165) is 11.3 Å². The lowest BCUT2D eigenvalue weighted by atomic mass is 10.0. The number of aromatic amines is 1. The highest BCUT2D eigenvalue weighted by atomic mass is 16.1. The number of aromatic nitrogens is 4. The van der Waals surface area contributed by atoms with Gasteiger partial charge in [0, 0.05) is 11.3 Å². The number of H-pyrrole nitrogens is 1. The number of pyridine rings is 1. The molecular formula is C15H11N5O. The third-order valence-corrected chi connectivity index (χ3v) is 3.15. The molecule has 0 spiro atoms. The molecule has 1 N–H and O–H groups in total. The quantitative estimate of drug-likeness (QED) is 0.773. The SMILES string of the molecule is Cc1cc(-c2ccc(-n3ccnn3)cc2)c(C#N)c(=O)[nH]1. The fourth-order valence-corrected chi connectivity index (χ4v) is 2.17. The Bertz CT molecular complexity index is 870. The van der Waals surface area contributed by atoms with Crippen LogP contribution in [0.4, 0.5) is 0 Å². The molecule has 0 amide bonds. The molecule has 0 saturated carbocycles. The van der Waals surface area contributed by atoms with E-state index in [9.17, 15) is 4.79 Å². The van der Waals surface area contributed by atoms with Gasteiger partial charge in [0.05, 0.1) is 18.1 Å². The summed E-state index contributed by atoms with van der Waals surface area (Å²) in [4.78, 5) is 14.5. The van der Waals surface area contributed by atoms with Gasteiger partial charge in [0.25, 0.3) is 5.56 Å². The second kappa shape index (κ2) is 5.06. The number of benzene rings is 1. The molecule has 0 radical (unpaired) electrons. The van der Waals surface area contributed by atoms with Crippen LogP contribution in [0.5, 0.6) is 0 Å². The Balaban J connectivity index is 2.10. The monoisotopic (exact) mass is 277 g/mol. The second-order valence-electron chi connectivity index (χ2n) is 4.58. The molecule has 0 aliphatic rings. The van der Waals surface area contributed by atoms with E-state index in [1.807, 2.05) is 30.3 Å². The van der Waals surface area contributed by atoms with Crippen LogP contribution < -0.4 is 5.56 Å². The van der Waals surface area contributed by atoms with Crippen LogP contribution in [-0.2, 0) is 0 Å². The molecular weight excluding hydrogens is 266 g/mol. The fourth-order valence-electron chi connectivity index (χ4n) is 2.17. The van der Waals surface area contributed by atoms with Crippen LogP contribution in [0.1, 0.15) is 11.3 Å². The minimum absolute atomic E-state index is 0.120. The van der Waals surface area contributed by atoms with Crippen LogP contribution in [0.25, 0.3) is 16.8 Å². The van der Waals surface area contributed by atoms with Gasteiger partial charge in [-0.3, -0.25) is 4.79 Å². The topological polar surface area (TPSA) is 87.4 Å². The van der Waals surface area contributed by atoms with Crippen LogP contribution in [0, 0.1) is 18.3 Å². The van der Waals surface area contributed by atoms with E-state index < -0.39 is 0 Å². The molecule has 2 heterocycles. The zero-order valence-electron chi connectivity index (χ0n) is 11.2. The van der Waals surface area contributed by atoms with Gasteiger partial charge in [0.1, 0.15) is 11.6 Å². The van der Waals surface area contributed by atoms with Gasteiger partial charge in [0.15, 0.2) is 0 Å². The van der Waals surface area contributed by atoms with Gasteiger partial charge in [-0.05, 0) is 30.7 Å². The molecule has 0 unspecified atom stereocenters. The number of hydrogen-bond donors (Lipinski definition) is 1. The fraction of sp³-hybridized carbons (Fsp3) is 0.0667. The molecule has 6 nitrogen and oxygen atoms in total. The molecule has 0 aliphatic carbocycles. The summed E-state index contributed by atoms with van der Waals surface area (Å²) in [6.45, 7) is 1.79. The number of nitriles is 1. The minimum atomic E-state index is -0.368. The summed E-state index contributed by atoms with van der Waals surface area (Å²) in [6.07, 6.45) is 3.34. The molecule has 1 aromatic carbocycles. The number of rotatable bonds is 2. The smallest absolute Gasteiger partial charge is 0.266 e. The molecule has 21 heavy (non-hydrogen) atoms. The molecule has 2 aromatic heterocycles. The summed E-state index contributed by atoms with van der Waals surface area (Å²) >= 11 is 0. The van der Waals surface area contributed by atoms with Gasteiger partial charge in [-0.1, -0.05) is 17.3 Å². The zero-order chi connectivity index (χ0) is 14.8. The van der Waals surface area contributed by atoms with Crippen molar-refractivity contribution in [2.24, 2.45) is 0 Å². The van der Waals surface area contributed by atoms with E-state index in [-0.39, 0.29) is 11.1 Å². The first kappa shape index (κ1) is 12.8. The van der Waals surface area contributed by atoms with E-state index in [0.29, 0.717) is 11.3 Å². The summed E-state index contributed by atoms with van der Waals surface area (Å²) in [7, 11) is 0. The van der Waals surface area contributed by atoms with E-state index in [1.165, 1.54) is 0 Å². The molecule has 0 bridgehead atoms. The van der Waals surface area contributed by atoms with Gasteiger partial charge in [-0.2, -0.15) is 5.26 Å². The first-order valence-electron chi connectivity index (χ1n) is 6.30. The van der Waals surface area contributed by atoms with Crippen molar-refractivity contribution in [3.63, 3.8) is 0 Å². The predicted molar refractivity (Wildman–Crippen MR) is 76.9 cm³/mol. The summed E-state index contributed by atoms with van der Waals surface area (Å²) in [5.74, 6) is 0. The maximum Gasteiger partial charge on any atom is 0.266 e. The van der Waals surface area contributed by atoms with Crippen molar-refractivity contribution in [1.29, 1.82) is 5.26 Å². The Kier molecular flexibility index (Phi) is 3.09. The van der Waals surface area contributed by atoms with E-state index >= 15 is 0 Å². The molecule has 0 aliphatic heterocycles. The maximum absolute atomic E-state index is 11.8.